The maximum atomic E-state index is 12.4. The van der Waals surface area contributed by atoms with Crippen molar-refractivity contribution in [3.05, 3.63) is 44.5 Å². The van der Waals surface area contributed by atoms with Crippen LogP contribution >= 0.6 is 39.0 Å². The topological polar surface area (TPSA) is 88.8 Å². The van der Waals surface area contributed by atoms with Crippen molar-refractivity contribution >= 4 is 55.2 Å². The Morgan fingerprint density at radius 1 is 1.39 bits per heavy atom. The zero-order valence-electron chi connectivity index (χ0n) is 12.0. The normalized spacial score (nSPS) is 12.4. The molecule has 1 atom stereocenters. The summed E-state index contributed by atoms with van der Waals surface area (Å²) in [5.74, 6) is -0.445. The van der Waals surface area contributed by atoms with E-state index in [-0.39, 0.29) is 5.56 Å². The quantitative estimate of drug-likeness (QED) is 0.510. The third kappa shape index (κ3) is 3.34. The fraction of sp³-hybridized carbons (Fsp3) is 0.133. The number of hydrogen-bond acceptors (Lipinski definition) is 5. The molecule has 0 spiro atoms. The maximum absolute atomic E-state index is 12.4. The van der Waals surface area contributed by atoms with Crippen molar-refractivity contribution in [1.29, 1.82) is 0 Å². The van der Waals surface area contributed by atoms with E-state index in [0.29, 0.717) is 15.4 Å². The number of primary amides is 1. The summed E-state index contributed by atoms with van der Waals surface area (Å²) >= 11 is 5.95. The second-order valence-corrected chi connectivity index (χ2v) is 7.97. The van der Waals surface area contributed by atoms with Gasteiger partial charge in [0.15, 0.2) is 5.16 Å². The van der Waals surface area contributed by atoms with Gasteiger partial charge in [0.25, 0.3) is 5.56 Å². The molecule has 0 bridgehead atoms. The van der Waals surface area contributed by atoms with Crippen LogP contribution in [-0.4, -0.2) is 21.1 Å². The molecule has 1 aromatic carbocycles. The van der Waals surface area contributed by atoms with E-state index in [1.807, 2.05) is 29.6 Å². The number of thioether (sulfide) groups is 1. The Hall–Kier alpha value is -1.64. The minimum atomic E-state index is -0.457. The SMILES string of the molecule is CC(Sc1nc2scc(-c3ccc(Br)cc3)c2c(=O)[nH]1)C(N)=O. The molecule has 118 valence electrons. The average Bonchev–Trinajstić information content (AvgIpc) is 2.92. The number of carbonyl (C=O) groups excluding carboxylic acids is 1. The predicted molar refractivity (Wildman–Crippen MR) is 97.9 cm³/mol. The molecule has 1 unspecified atom stereocenters. The largest absolute Gasteiger partial charge is 0.369 e. The fourth-order valence-corrected chi connectivity index (χ4v) is 4.07. The molecule has 2 aromatic heterocycles. The molecule has 0 aliphatic rings. The highest BCUT2D eigenvalue weighted by Gasteiger charge is 2.16. The minimum Gasteiger partial charge on any atom is -0.369 e. The lowest BCUT2D eigenvalue weighted by Crippen LogP contribution is -2.23. The molecule has 3 N–H and O–H groups in total. The number of H-pyrrole nitrogens is 1. The van der Waals surface area contributed by atoms with E-state index in [1.54, 1.807) is 6.92 Å². The first-order valence-corrected chi connectivity index (χ1v) is 9.24. The van der Waals surface area contributed by atoms with E-state index < -0.39 is 11.2 Å². The van der Waals surface area contributed by atoms with Gasteiger partial charge in [-0.3, -0.25) is 9.59 Å². The van der Waals surface area contributed by atoms with Crippen molar-refractivity contribution in [2.45, 2.75) is 17.3 Å². The highest BCUT2D eigenvalue weighted by Crippen LogP contribution is 2.32. The smallest absolute Gasteiger partial charge is 0.260 e. The zero-order chi connectivity index (χ0) is 16.6. The Bertz CT molecular complexity index is 934. The molecule has 8 heteroatoms. The van der Waals surface area contributed by atoms with Crippen LogP contribution in [0.15, 0.2) is 44.1 Å². The minimum absolute atomic E-state index is 0.215. The van der Waals surface area contributed by atoms with Gasteiger partial charge in [0.1, 0.15) is 4.83 Å². The number of thiophene rings is 1. The van der Waals surface area contributed by atoms with Gasteiger partial charge < -0.3 is 10.7 Å². The van der Waals surface area contributed by atoms with Crippen molar-refractivity contribution in [1.82, 2.24) is 9.97 Å². The molecule has 0 aliphatic carbocycles. The van der Waals surface area contributed by atoms with Crippen LogP contribution in [0, 0.1) is 0 Å². The Balaban J connectivity index is 2.06. The van der Waals surface area contributed by atoms with Gasteiger partial charge in [-0.2, -0.15) is 0 Å². The standard InChI is InChI=1S/C15H12BrN3O2S2/c1-7(12(17)20)23-15-18-13(21)11-10(6-22-14(11)19-15)8-2-4-9(16)5-3-8/h2-7H,1H3,(H2,17,20)(H,18,19,21). The Kier molecular flexibility index (Phi) is 4.56. The number of aromatic amines is 1. The second-order valence-electron chi connectivity index (χ2n) is 4.87. The van der Waals surface area contributed by atoms with Gasteiger partial charge in [0.05, 0.1) is 10.6 Å². The molecule has 0 saturated heterocycles. The van der Waals surface area contributed by atoms with Crippen LogP contribution in [0.3, 0.4) is 0 Å². The van der Waals surface area contributed by atoms with E-state index in [2.05, 4.69) is 25.9 Å². The first-order valence-electron chi connectivity index (χ1n) is 6.69. The van der Waals surface area contributed by atoms with Gasteiger partial charge in [-0.05, 0) is 24.6 Å². The Morgan fingerprint density at radius 2 is 2.09 bits per heavy atom. The Labute approximate surface area is 148 Å². The number of hydrogen-bond donors (Lipinski definition) is 2. The summed E-state index contributed by atoms with van der Waals surface area (Å²) in [6, 6.07) is 7.75. The number of nitrogens with one attached hydrogen (secondary N) is 1. The molecule has 2 heterocycles. The van der Waals surface area contributed by atoms with Crippen LogP contribution in [0.5, 0.6) is 0 Å². The molecular formula is C15H12BrN3O2S2. The number of benzene rings is 1. The lowest BCUT2D eigenvalue weighted by Gasteiger charge is -2.06. The summed E-state index contributed by atoms with van der Waals surface area (Å²) in [5.41, 5.74) is 6.84. The lowest BCUT2D eigenvalue weighted by molar-refractivity contribution is -0.117. The molecule has 1 amide bonds. The van der Waals surface area contributed by atoms with Crippen LogP contribution < -0.4 is 11.3 Å². The van der Waals surface area contributed by atoms with Gasteiger partial charge in [-0.25, -0.2) is 4.98 Å². The fourth-order valence-electron chi connectivity index (χ4n) is 2.05. The summed E-state index contributed by atoms with van der Waals surface area (Å²) in [5, 5.41) is 2.43. The molecule has 3 aromatic rings. The maximum Gasteiger partial charge on any atom is 0.260 e. The van der Waals surface area contributed by atoms with Crippen LogP contribution in [0.4, 0.5) is 0 Å². The van der Waals surface area contributed by atoms with Crippen LogP contribution in [0.2, 0.25) is 0 Å². The Morgan fingerprint density at radius 3 is 2.74 bits per heavy atom. The van der Waals surface area contributed by atoms with Gasteiger partial charge in [0, 0.05) is 15.4 Å². The molecule has 0 aliphatic heterocycles. The summed E-state index contributed by atoms with van der Waals surface area (Å²) < 4.78 is 0.979. The van der Waals surface area contributed by atoms with Gasteiger partial charge in [-0.15, -0.1) is 11.3 Å². The zero-order valence-corrected chi connectivity index (χ0v) is 15.2. The van der Waals surface area contributed by atoms with Crippen LogP contribution in [0.1, 0.15) is 6.92 Å². The van der Waals surface area contributed by atoms with Crippen molar-refractivity contribution in [2.24, 2.45) is 5.73 Å². The lowest BCUT2D eigenvalue weighted by atomic mass is 10.1. The summed E-state index contributed by atoms with van der Waals surface area (Å²) in [6.45, 7) is 1.68. The van der Waals surface area contributed by atoms with Gasteiger partial charge >= 0.3 is 0 Å². The second kappa shape index (κ2) is 6.46. The molecule has 3 rings (SSSR count). The molecule has 5 nitrogen and oxygen atoms in total. The van der Waals surface area contributed by atoms with E-state index >= 15 is 0 Å². The van der Waals surface area contributed by atoms with E-state index in [1.165, 1.54) is 11.3 Å². The predicted octanol–water partition coefficient (Wildman–Crippen LogP) is 3.38. The number of fused-ring (bicyclic) bond motifs is 1. The molecular weight excluding hydrogens is 398 g/mol. The molecule has 23 heavy (non-hydrogen) atoms. The number of nitrogens with two attached hydrogens (primary N) is 1. The van der Waals surface area contributed by atoms with E-state index in [0.717, 1.165) is 27.4 Å². The summed E-state index contributed by atoms with van der Waals surface area (Å²) in [4.78, 5) is 31.4. The third-order valence-corrected chi connectivity index (χ3v) is 5.67. The monoisotopic (exact) mass is 409 g/mol. The van der Waals surface area contributed by atoms with Crippen LogP contribution in [0.25, 0.3) is 21.3 Å². The highest BCUT2D eigenvalue weighted by molar-refractivity contribution is 9.10. The molecule has 0 radical (unpaired) electrons. The summed E-state index contributed by atoms with van der Waals surface area (Å²) in [7, 11) is 0. The van der Waals surface area contributed by atoms with Gasteiger partial charge in [-0.1, -0.05) is 39.8 Å². The average molecular weight is 410 g/mol. The van der Waals surface area contributed by atoms with Crippen molar-refractivity contribution in [3.63, 3.8) is 0 Å². The molecule has 0 fully saturated rings. The van der Waals surface area contributed by atoms with Gasteiger partial charge in [0.2, 0.25) is 5.91 Å². The van der Waals surface area contributed by atoms with E-state index in [4.69, 9.17) is 5.73 Å². The van der Waals surface area contributed by atoms with E-state index in [9.17, 15) is 9.59 Å². The van der Waals surface area contributed by atoms with Crippen LogP contribution in [-0.2, 0) is 4.79 Å². The van der Waals surface area contributed by atoms with Crippen molar-refractivity contribution in [2.75, 3.05) is 0 Å². The summed E-state index contributed by atoms with van der Waals surface area (Å²) in [6.07, 6.45) is 0. The number of carbonyl (C=O) groups is 1. The number of aromatic nitrogens is 2. The first kappa shape index (κ1) is 16.2. The number of amides is 1. The first-order chi connectivity index (χ1) is 11.0. The molecule has 0 saturated carbocycles. The number of rotatable bonds is 4. The number of nitrogens with zero attached hydrogens (tertiary/aromatic N) is 1. The highest BCUT2D eigenvalue weighted by atomic mass is 79.9. The van der Waals surface area contributed by atoms with Crippen molar-refractivity contribution < 1.29 is 4.79 Å². The van der Waals surface area contributed by atoms with Crippen molar-refractivity contribution in [3.8, 4) is 11.1 Å². The number of halogens is 1. The third-order valence-electron chi connectivity index (χ3n) is 3.27.